The van der Waals surface area contributed by atoms with Crippen LogP contribution < -0.4 is 4.90 Å². The van der Waals surface area contributed by atoms with Crippen LogP contribution in [0.4, 0.5) is 14.6 Å². The van der Waals surface area contributed by atoms with Crippen molar-refractivity contribution in [1.29, 1.82) is 0 Å². The van der Waals surface area contributed by atoms with Crippen LogP contribution in [0.3, 0.4) is 0 Å². The molecule has 0 aliphatic rings. The lowest BCUT2D eigenvalue weighted by Gasteiger charge is -2.23. The second kappa shape index (κ2) is 8.12. The molecule has 0 saturated heterocycles. The van der Waals surface area contributed by atoms with Gasteiger partial charge in [-0.25, -0.2) is 23.7 Å². The molecule has 0 aliphatic heterocycles. The van der Waals surface area contributed by atoms with Gasteiger partial charge in [-0.3, -0.25) is 9.69 Å². The summed E-state index contributed by atoms with van der Waals surface area (Å²) in [6, 6.07) is 6.12. The summed E-state index contributed by atoms with van der Waals surface area (Å²) in [6.45, 7) is -1.27. The van der Waals surface area contributed by atoms with Crippen LogP contribution in [0.1, 0.15) is 10.6 Å². The molecule has 0 radical (unpaired) electrons. The Balaban J connectivity index is 2.13. The summed E-state index contributed by atoms with van der Waals surface area (Å²) in [5, 5.41) is 9.87. The van der Waals surface area contributed by atoms with Gasteiger partial charge in [-0.1, -0.05) is 23.2 Å². The lowest BCUT2D eigenvalue weighted by molar-refractivity contribution is 0.0965. The molecule has 7 nitrogen and oxygen atoms in total. The molecule has 0 unspecified atom stereocenters. The fourth-order valence-corrected chi connectivity index (χ4v) is 3.06. The SMILES string of the molecule is O=C(c1nc(Cl)cc(Cl)n1)N(CCO)c1cc2cccnc2n1CC(F)F. The molecule has 1 N–H and O–H groups in total. The quantitative estimate of drug-likeness (QED) is 0.625. The number of amides is 1. The maximum Gasteiger partial charge on any atom is 0.297 e. The number of aromatic nitrogens is 4. The van der Waals surface area contributed by atoms with Gasteiger partial charge >= 0.3 is 0 Å². The second-order valence-corrected chi connectivity index (χ2v) is 6.21. The Hall–Kier alpha value is -2.36. The molecule has 0 aliphatic carbocycles. The van der Waals surface area contributed by atoms with Crippen molar-refractivity contribution in [3.63, 3.8) is 0 Å². The summed E-state index contributed by atoms with van der Waals surface area (Å²) in [6.07, 6.45) is -1.21. The Morgan fingerprint density at radius 3 is 2.59 bits per heavy atom. The molecule has 0 spiro atoms. The monoisotopic (exact) mass is 415 g/mol. The van der Waals surface area contributed by atoms with Crippen molar-refractivity contribution in [3.05, 3.63) is 46.6 Å². The highest BCUT2D eigenvalue weighted by Crippen LogP contribution is 2.27. The number of anilines is 1. The Morgan fingerprint density at radius 2 is 1.96 bits per heavy atom. The van der Waals surface area contributed by atoms with E-state index in [9.17, 15) is 18.7 Å². The number of pyridine rings is 1. The molecular formula is C16H13Cl2F2N5O2. The summed E-state index contributed by atoms with van der Waals surface area (Å²) in [7, 11) is 0. The van der Waals surface area contributed by atoms with Gasteiger partial charge in [-0.2, -0.15) is 0 Å². The van der Waals surface area contributed by atoms with Crippen molar-refractivity contribution in [2.45, 2.75) is 13.0 Å². The largest absolute Gasteiger partial charge is 0.395 e. The van der Waals surface area contributed by atoms with E-state index >= 15 is 0 Å². The molecule has 142 valence electrons. The number of alkyl halides is 2. The first kappa shape index (κ1) is 19.4. The van der Waals surface area contributed by atoms with Gasteiger partial charge < -0.3 is 9.67 Å². The average Bonchev–Trinajstić information content (AvgIpc) is 2.96. The van der Waals surface area contributed by atoms with Crippen molar-refractivity contribution in [2.75, 3.05) is 18.1 Å². The zero-order valence-electron chi connectivity index (χ0n) is 13.7. The number of hydrogen-bond acceptors (Lipinski definition) is 5. The molecule has 3 aromatic rings. The lowest BCUT2D eigenvalue weighted by atomic mass is 10.3. The Bertz CT molecular complexity index is 962. The zero-order chi connectivity index (χ0) is 19.6. The van der Waals surface area contributed by atoms with E-state index in [4.69, 9.17) is 23.2 Å². The zero-order valence-corrected chi connectivity index (χ0v) is 15.2. The fraction of sp³-hybridized carbons (Fsp3) is 0.250. The molecule has 11 heteroatoms. The third-order valence-corrected chi connectivity index (χ3v) is 4.04. The summed E-state index contributed by atoms with van der Waals surface area (Å²) in [5.74, 6) is -0.933. The highest BCUT2D eigenvalue weighted by Gasteiger charge is 2.26. The van der Waals surface area contributed by atoms with Crippen LogP contribution >= 0.6 is 23.2 Å². The first-order chi connectivity index (χ1) is 12.9. The highest BCUT2D eigenvalue weighted by molar-refractivity contribution is 6.33. The van der Waals surface area contributed by atoms with E-state index in [0.29, 0.717) is 5.39 Å². The van der Waals surface area contributed by atoms with E-state index in [1.54, 1.807) is 12.1 Å². The van der Waals surface area contributed by atoms with Crippen LogP contribution in [-0.2, 0) is 6.54 Å². The van der Waals surface area contributed by atoms with Crippen LogP contribution in [0.25, 0.3) is 11.0 Å². The van der Waals surface area contributed by atoms with Crippen LogP contribution in [0, 0.1) is 0 Å². The summed E-state index contributed by atoms with van der Waals surface area (Å²) >= 11 is 11.6. The molecule has 3 heterocycles. The molecule has 0 atom stereocenters. The minimum absolute atomic E-state index is 0.0444. The number of halogens is 4. The third-order valence-electron chi connectivity index (χ3n) is 3.65. The molecule has 1 amide bonds. The second-order valence-electron chi connectivity index (χ2n) is 5.44. The predicted molar refractivity (Wildman–Crippen MR) is 96.6 cm³/mol. The maximum atomic E-state index is 13.1. The topological polar surface area (TPSA) is 84.1 Å². The third kappa shape index (κ3) is 4.15. The minimum Gasteiger partial charge on any atom is -0.395 e. The Kier molecular flexibility index (Phi) is 5.83. The summed E-state index contributed by atoms with van der Waals surface area (Å²) in [4.78, 5) is 25.8. The smallest absolute Gasteiger partial charge is 0.297 e. The molecule has 3 aromatic heterocycles. The van der Waals surface area contributed by atoms with Gasteiger partial charge in [0, 0.05) is 17.6 Å². The standard InChI is InChI=1S/C16H13Cl2F2N5O2/c17-10-7-11(18)23-14(22-10)16(27)24(4-5-26)13-6-9-2-1-3-21-15(9)25(13)8-12(19)20/h1-3,6-7,12,26H,4-5,8H2. The minimum atomic E-state index is -2.68. The van der Waals surface area contributed by atoms with Gasteiger partial charge in [0.05, 0.1) is 19.7 Å². The van der Waals surface area contributed by atoms with E-state index in [1.165, 1.54) is 22.9 Å². The number of nitrogens with zero attached hydrogens (tertiary/aromatic N) is 5. The van der Waals surface area contributed by atoms with E-state index in [-0.39, 0.29) is 34.1 Å². The van der Waals surface area contributed by atoms with E-state index in [2.05, 4.69) is 15.0 Å². The Labute approximate surface area is 162 Å². The van der Waals surface area contributed by atoms with E-state index in [1.807, 2.05) is 0 Å². The molecular weight excluding hydrogens is 403 g/mol. The molecule has 0 saturated carbocycles. The van der Waals surface area contributed by atoms with Gasteiger partial charge in [-0.15, -0.1) is 0 Å². The fourth-order valence-electron chi connectivity index (χ4n) is 2.64. The molecule has 0 fully saturated rings. The average molecular weight is 416 g/mol. The Morgan fingerprint density at radius 1 is 1.26 bits per heavy atom. The van der Waals surface area contributed by atoms with Crippen LogP contribution in [0.2, 0.25) is 10.3 Å². The summed E-state index contributed by atoms with van der Waals surface area (Å²) in [5.41, 5.74) is 0.286. The first-order valence-electron chi connectivity index (χ1n) is 7.76. The lowest BCUT2D eigenvalue weighted by Crippen LogP contribution is -2.36. The van der Waals surface area contributed by atoms with Crippen molar-refractivity contribution >= 4 is 46.0 Å². The molecule has 27 heavy (non-hydrogen) atoms. The number of carbonyl (C=O) groups excluding carboxylic acids is 1. The van der Waals surface area contributed by atoms with Crippen molar-refractivity contribution < 1.29 is 18.7 Å². The number of carbonyl (C=O) groups is 1. The molecule has 3 rings (SSSR count). The van der Waals surface area contributed by atoms with Gasteiger partial charge in [0.25, 0.3) is 12.3 Å². The molecule has 0 aromatic carbocycles. The van der Waals surface area contributed by atoms with Gasteiger partial charge in [0.2, 0.25) is 5.82 Å². The van der Waals surface area contributed by atoms with Crippen molar-refractivity contribution in [2.24, 2.45) is 0 Å². The number of aliphatic hydroxyl groups is 1. The predicted octanol–water partition coefficient (Wildman–Crippen LogP) is 3.04. The van der Waals surface area contributed by atoms with Crippen molar-refractivity contribution in [3.8, 4) is 0 Å². The van der Waals surface area contributed by atoms with Crippen molar-refractivity contribution in [1.82, 2.24) is 19.5 Å². The number of fused-ring (bicyclic) bond motifs is 1. The number of rotatable bonds is 6. The normalized spacial score (nSPS) is 11.3. The van der Waals surface area contributed by atoms with Gasteiger partial charge in [-0.05, 0) is 18.2 Å². The first-order valence-corrected chi connectivity index (χ1v) is 8.51. The highest BCUT2D eigenvalue weighted by atomic mass is 35.5. The van der Waals surface area contributed by atoms with E-state index in [0.717, 1.165) is 4.90 Å². The van der Waals surface area contributed by atoms with Gasteiger partial charge in [0.1, 0.15) is 21.8 Å². The number of aliphatic hydroxyl groups excluding tert-OH is 1. The van der Waals surface area contributed by atoms with E-state index < -0.39 is 25.5 Å². The maximum absolute atomic E-state index is 13.1. The van der Waals surface area contributed by atoms with Crippen LogP contribution in [-0.4, -0.2) is 50.1 Å². The van der Waals surface area contributed by atoms with Gasteiger partial charge in [0.15, 0.2) is 0 Å². The molecule has 0 bridgehead atoms. The van der Waals surface area contributed by atoms with Crippen LogP contribution in [0.15, 0.2) is 30.5 Å². The van der Waals surface area contributed by atoms with Crippen LogP contribution in [0.5, 0.6) is 0 Å². The summed E-state index contributed by atoms with van der Waals surface area (Å²) < 4.78 is 27.5. The number of hydrogen-bond donors (Lipinski definition) is 1.